The Morgan fingerprint density at radius 2 is 2.00 bits per heavy atom. The Morgan fingerprint density at radius 3 is 2.53 bits per heavy atom. The van der Waals surface area contributed by atoms with Crippen LogP contribution in [0.2, 0.25) is 0 Å². The molecule has 0 aliphatic rings. The SMILES string of the molecule is CN(C)CCOC(=O)Nc1ccc(CN)cc1. The van der Waals surface area contributed by atoms with Crippen LogP contribution < -0.4 is 11.1 Å². The molecule has 0 aliphatic carbocycles. The lowest BCUT2D eigenvalue weighted by Gasteiger charge is -2.10. The Bertz CT molecular complexity index is 349. The van der Waals surface area contributed by atoms with Gasteiger partial charge in [-0.25, -0.2) is 4.79 Å². The molecule has 17 heavy (non-hydrogen) atoms. The summed E-state index contributed by atoms with van der Waals surface area (Å²) in [7, 11) is 3.85. The van der Waals surface area contributed by atoms with Gasteiger partial charge in [-0.05, 0) is 31.8 Å². The van der Waals surface area contributed by atoms with Crippen LogP contribution in [0.1, 0.15) is 5.56 Å². The van der Waals surface area contributed by atoms with Crippen LogP contribution in [0.3, 0.4) is 0 Å². The first kappa shape index (κ1) is 13.5. The monoisotopic (exact) mass is 237 g/mol. The lowest BCUT2D eigenvalue weighted by atomic mass is 10.2. The molecule has 1 aromatic rings. The van der Waals surface area contributed by atoms with Crippen molar-refractivity contribution in [2.24, 2.45) is 5.73 Å². The summed E-state index contributed by atoms with van der Waals surface area (Å²) >= 11 is 0. The maximum atomic E-state index is 11.4. The van der Waals surface area contributed by atoms with Crippen molar-refractivity contribution in [1.82, 2.24) is 4.90 Å². The highest BCUT2D eigenvalue weighted by Crippen LogP contribution is 2.09. The standard InChI is InChI=1S/C12H19N3O2/c1-15(2)7-8-17-12(16)14-11-5-3-10(9-13)4-6-11/h3-6H,7-9,13H2,1-2H3,(H,14,16). The number of nitrogens with one attached hydrogen (secondary N) is 1. The molecule has 1 aromatic carbocycles. The summed E-state index contributed by atoms with van der Waals surface area (Å²) in [5.41, 5.74) is 7.21. The fraction of sp³-hybridized carbons (Fsp3) is 0.417. The summed E-state index contributed by atoms with van der Waals surface area (Å²) in [6.07, 6.45) is -0.438. The van der Waals surface area contributed by atoms with Crippen molar-refractivity contribution < 1.29 is 9.53 Å². The molecule has 0 saturated heterocycles. The zero-order chi connectivity index (χ0) is 12.7. The number of anilines is 1. The van der Waals surface area contributed by atoms with Crippen LogP contribution in [0, 0.1) is 0 Å². The van der Waals surface area contributed by atoms with Gasteiger partial charge in [-0.1, -0.05) is 12.1 Å². The molecular weight excluding hydrogens is 218 g/mol. The highest BCUT2D eigenvalue weighted by molar-refractivity contribution is 5.84. The number of likely N-dealkylation sites (N-methyl/N-ethyl adjacent to an activating group) is 1. The maximum absolute atomic E-state index is 11.4. The van der Waals surface area contributed by atoms with E-state index in [9.17, 15) is 4.79 Å². The number of carbonyl (C=O) groups is 1. The van der Waals surface area contributed by atoms with Crippen LogP contribution in [0.25, 0.3) is 0 Å². The van der Waals surface area contributed by atoms with Crippen LogP contribution in [0.15, 0.2) is 24.3 Å². The van der Waals surface area contributed by atoms with Crippen molar-refractivity contribution in [1.29, 1.82) is 0 Å². The van der Waals surface area contributed by atoms with E-state index in [0.717, 1.165) is 5.56 Å². The molecule has 0 heterocycles. The Labute approximate surface area is 102 Å². The topological polar surface area (TPSA) is 67.6 Å². The number of nitrogens with two attached hydrogens (primary N) is 1. The second kappa shape index (κ2) is 6.88. The minimum absolute atomic E-state index is 0.375. The highest BCUT2D eigenvalue weighted by atomic mass is 16.5. The lowest BCUT2D eigenvalue weighted by molar-refractivity contribution is 0.151. The van der Waals surface area contributed by atoms with Crippen LogP contribution in [0.5, 0.6) is 0 Å². The highest BCUT2D eigenvalue weighted by Gasteiger charge is 2.02. The van der Waals surface area contributed by atoms with Crippen molar-refractivity contribution in [3.05, 3.63) is 29.8 Å². The van der Waals surface area contributed by atoms with E-state index < -0.39 is 6.09 Å². The number of rotatable bonds is 5. The summed E-state index contributed by atoms with van der Waals surface area (Å²) in [5.74, 6) is 0. The zero-order valence-corrected chi connectivity index (χ0v) is 10.3. The third kappa shape index (κ3) is 5.33. The number of nitrogens with zero attached hydrogens (tertiary/aromatic N) is 1. The first-order valence-corrected chi connectivity index (χ1v) is 5.49. The van der Waals surface area contributed by atoms with Gasteiger partial charge in [-0.15, -0.1) is 0 Å². The predicted molar refractivity (Wildman–Crippen MR) is 67.9 cm³/mol. The fourth-order valence-electron chi connectivity index (χ4n) is 1.20. The van der Waals surface area contributed by atoms with E-state index >= 15 is 0 Å². The Balaban J connectivity index is 2.34. The zero-order valence-electron chi connectivity index (χ0n) is 10.3. The summed E-state index contributed by atoms with van der Waals surface area (Å²) in [6.45, 7) is 1.58. The third-order valence-electron chi connectivity index (χ3n) is 2.21. The average Bonchev–Trinajstić information content (AvgIpc) is 2.29. The van der Waals surface area contributed by atoms with Crippen LogP contribution >= 0.6 is 0 Å². The minimum Gasteiger partial charge on any atom is -0.448 e. The van der Waals surface area contributed by atoms with Crippen molar-refractivity contribution >= 4 is 11.8 Å². The minimum atomic E-state index is -0.438. The quantitative estimate of drug-likeness (QED) is 0.809. The van der Waals surface area contributed by atoms with Crippen molar-refractivity contribution in [2.45, 2.75) is 6.54 Å². The normalized spacial score (nSPS) is 10.4. The van der Waals surface area contributed by atoms with E-state index in [1.165, 1.54) is 0 Å². The van der Waals surface area contributed by atoms with Gasteiger partial charge in [0.2, 0.25) is 0 Å². The van der Waals surface area contributed by atoms with Crippen molar-refractivity contribution in [3.8, 4) is 0 Å². The van der Waals surface area contributed by atoms with Crippen molar-refractivity contribution in [3.63, 3.8) is 0 Å². The first-order valence-electron chi connectivity index (χ1n) is 5.49. The van der Waals surface area contributed by atoms with Gasteiger partial charge in [-0.2, -0.15) is 0 Å². The van der Waals surface area contributed by atoms with Gasteiger partial charge >= 0.3 is 6.09 Å². The van der Waals surface area contributed by atoms with Crippen LogP contribution in [-0.2, 0) is 11.3 Å². The number of hydrogen-bond acceptors (Lipinski definition) is 4. The van der Waals surface area contributed by atoms with Crippen LogP contribution in [0.4, 0.5) is 10.5 Å². The molecule has 5 nitrogen and oxygen atoms in total. The smallest absolute Gasteiger partial charge is 0.411 e. The van der Waals surface area contributed by atoms with E-state index in [-0.39, 0.29) is 0 Å². The number of hydrogen-bond donors (Lipinski definition) is 2. The molecule has 0 bridgehead atoms. The molecule has 1 amide bonds. The molecule has 0 spiro atoms. The molecule has 0 aromatic heterocycles. The number of carbonyl (C=O) groups excluding carboxylic acids is 1. The molecule has 1 rings (SSSR count). The molecule has 3 N–H and O–H groups in total. The molecule has 94 valence electrons. The molecule has 0 saturated carbocycles. The van der Waals surface area contributed by atoms with Crippen LogP contribution in [-0.4, -0.2) is 38.2 Å². The molecule has 5 heteroatoms. The summed E-state index contributed by atoms with van der Waals surface area (Å²) in [6, 6.07) is 7.34. The number of ether oxygens (including phenoxy) is 1. The Morgan fingerprint density at radius 1 is 1.35 bits per heavy atom. The maximum Gasteiger partial charge on any atom is 0.411 e. The Kier molecular flexibility index (Phi) is 5.45. The molecular formula is C12H19N3O2. The van der Waals surface area contributed by atoms with Gasteiger partial charge < -0.3 is 15.4 Å². The molecule has 0 unspecified atom stereocenters. The number of benzene rings is 1. The Hall–Kier alpha value is -1.59. The second-order valence-corrected chi connectivity index (χ2v) is 3.97. The lowest BCUT2D eigenvalue weighted by Crippen LogP contribution is -2.22. The third-order valence-corrected chi connectivity index (χ3v) is 2.21. The van der Waals surface area contributed by atoms with Gasteiger partial charge in [0.1, 0.15) is 6.61 Å². The van der Waals surface area contributed by atoms with Crippen molar-refractivity contribution in [2.75, 3.05) is 32.6 Å². The van der Waals surface area contributed by atoms with Gasteiger partial charge in [0.05, 0.1) is 0 Å². The van der Waals surface area contributed by atoms with E-state index in [2.05, 4.69) is 5.32 Å². The fourth-order valence-corrected chi connectivity index (χ4v) is 1.20. The van der Waals surface area contributed by atoms with Gasteiger partial charge in [0.25, 0.3) is 0 Å². The van der Waals surface area contributed by atoms with E-state index in [4.69, 9.17) is 10.5 Å². The summed E-state index contributed by atoms with van der Waals surface area (Å²) in [4.78, 5) is 13.3. The largest absolute Gasteiger partial charge is 0.448 e. The molecule has 0 atom stereocenters. The summed E-state index contributed by atoms with van der Waals surface area (Å²) in [5, 5.41) is 2.65. The first-order chi connectivity index (χ1) is 8.11. The molecule has 0 radical (unpaired) electrons. The van der Waals surface area contributed by atoms with Gasteiger partial charge in [0, 0.05) is 18.8 Å². The number of amides is 1. The molecule has 0 fully saturated rings. The predicted octanol–water partition coefficient (Wildman–Crippen LogP) is 1.26. The molecule has 0 aliphatic heterocycles. The van der Waals surface area contributed by atoms with E-state index in [0.29, 0.717) is 25.4 Å². The van der Waals surface area contributed by atoms with E-state index in [1.807, 2.05) is 31.1 Å². The second-order valence-electron chi connectivity index (χ2n) is 3.97. The summed E-state index contributed by atoms with van der Waals surface area (Å²) < 4.78 is 5.00. The average molecular weight is 237 g/mol. The van der Waals surface area contributed by atoms with Gasteiger partial charge in [0.15, 0.2) is 0 Å². The van der Waals surface area contributed by atoms with Gasteiger partial charge in [-0.3, -0.25) is 5.32 Å². The van der Waals surface area contributed by atoms with E-state index in [1.54, 1.807) is 12.1 Å².